The molecule has 1 aliphatic rings. The van der Waals surface area contributed by atoms with Crippen molar-refractivity contribution in [3.8, 4) is 0 Å². The van der Waals surface area contributed by atoms with Crippen LogP contribution in [0.1, 0.15) is 54.4 Å². The van der Waals surface area contributed by atoms with Crippen molar-refractivity contribution in [2.45, 2.75) is 78.6 Å². The van der Waals surface area contributed by atoms with E-state index in [1.165, 1.54) is 27.7 Å². The van der Waals surface area contributed by atoms with Crippen LogP contribution in [0.2, 0.25) is 0 Å². The predicted molar refractivity (Wildman–Crippen MR) is 147 cm³/mol. The quantitative estimate of drug-likeness (QED) is 0.123. The highest BCUT2D eigenvalue weighted by Crippen LogP contribution is 2.23. The van der Waals surface area contributed by atoms with E-state index in [0.717, 1.165) is 12.2 Å². The maximum atomic E-state index is 13.2. The van der Waals surface area contributed by atoms with Crippen LogP contribution in [-0.2, 0) is 28.7 Å². The van der Waals surface area contributed by atoms with Crippen LogP contribution in [0.5, 0.6) is 0 Å². The normalized spacial score (nSPS) is 25.5. The molecule has 0 spiro atoms. The first kappa shape index (κ1) is 32.6. The summed E-state index contributed by atoms with van der Waals surface area (Å²) in [5.74, 6) is -1.76. The van der Waals surface area contributed by atoms with E-state index in [1.807, 2.05) is 19.1 Å². The van der Waals surface area contributed by atoms with E-state index in [-0.39, 0.29) is 23.3 Å². The highest BCUT2D eigenvalue weighted by molar-refractivity contribution is 8.76. The zero-order valence-electron chi connectivity index (χ0n) is 22.4. The standard InChI is InChI=1S/C25H40N4O6S2/c1-7-17-11-9-10-12-36-37-13-19(28-24(33)20(15(3)4)26-14-30)23(32)27-18(8-2)22(31)29-21(16(5)6)25(34)35-17/h8-9,11,14-17,19-21H,7,10,12-13H2,1-6H3,(H,26,30)(H,27,32)(H,28,33)(H,29,31)/b11-9+,18-8-/t17-,19+,20+,21-/m0/s1. The van der Waals surface area contributed by atoms with Gasteiger partial charge in [0.15, 0.2) is 0 Å². The molecule has 0 aromatic carbocycles. The first-order valence-corrected chi connectivity index (χ1v) is 14.9. The zero-order valence-corrected chi connectivity index (χ0v) is 24.0. The molecular formula is C25H40N4O6S2. The first-order valence-electron chi connectivity index (χ1n) is 12.4. The second kappa shape index (κ2) is 17.1. The van der Waals surface area contributed by atoms with Gasteiger partial charge in [0.1, 0.15) is 29.9 Å². The van der Waals surface area contributed by atoms with Gasteiger partial charge in [0.25, 0.3) is 5.91 Å². The number of ether oxygens (including phenoxy) is 1. The molecule has 0 bridgehead atoms. The topological polar surface area (TPSA) is 143 Å². The molecule has 0 aromatic heterocycles. The van der Waals surface area contributed by atoms with Crippen LogP contribution < -0.4 is 21.3 Å². The molecule has 208 valence electrons. The number of amides is 4. The van der Waals surface area contributed by atoms with Gasteiger partial charge in [-0.05, 0) is 37.7 Å². The molecule has 0 fully saturated rings. The van der Waals surface area contributed by atoms with Gasteiger partial charge in [-0.2, -0.15) is 0 Å². The van der Waals surface area contributed by atoms with Gasteiger partial charge in [-0.25, -0.2) is 4.79 Å². The van der Waals surface area contributed by atoms with Crippen molar-refractivity contribution < 1.29 is 28.7 Å². The molecule has 1 aliphatic heterocycles. The summed E-state index contributed by atoms with van der Waals surface area (Å²) in [6, 6.07) is -2.70. The Bertz CT molecular complexity index is 862. The van der Waals surface area contributed by atoms with Crippen LogP contribution >= 0.6 is 21.6 Å². The lowest BCUT2D eigenvalue weighted by Crippen LogP contribution is -2.55. The highest BCUT2D eigenvalue weighted by atomic mass is 33.1. The number of nitrogens with one attached hydrogen (secondary N) is 4. The average Bonchev–Trinajstić information content (AvgIpc) is 2.85. The van der Waals surface area contributed by atoms with Gasteiger partial charge in [0, 0.05) is 11.5 Å². The molecule has 0 unspecified atom stereocenters. The summed E-state index contributed by atoms with van der Waals surface area (Å²) in [6.45, 7) is 10.6. The number of hydrogen-bond donors (Lipinski definition) is 4. The molecule has 1 rings (SSSR count). The Labute approximate surface area is 227 Å². The summed E-state index contributed by atoms with van der Waals surface area (Å²) in [4.78, 5) is 62.8. The molecule has 10 nitrogen and oxygen atoms in total. The van der Waals surface area contributed by atoms with E-state index in [4.69, 9.17) is 4.74 Å². The Morgan fingerprint density at radius 2 is 1.92 bits per heavy atom. The third-order valence-corrected chi connectivity index (χ3v) is 7.98. The van der Waals surface area contributed by atoms with Crippen molar-refractivity contribution >= 4 is 51.7 Å². The van der Waals surface area contributed by atoms with Crippen LogP contribution in [0.4, 0.5) is 0 Å². The van der Waals surface area contributed by atoms with Crippen molar-refractivity contribution in [2.75, 3.05) is 11.5 Å². The molecule has 4 N–H and O–H groups in total. The van der Waals surface area contributed by atoms with E-state index in [2.05, 4.69) is 21.3 Å². The molecule has 0 saturated heterocycles. The Hall–Kier alpha value is -2.47. The Balaban J connectivity index is 3.21. The van der Waals surface area contributed by atoms with Crippen molar-refractivity contribution in [1.82, 2.24) is 21.3 Å². The van der Waals surface area contributed by atoms with Gasteiger partial charge < -0.3 is 26.0 Å². The molecule has 0 aromatic rings. The molecule has 0 saturated carbocycles. The van der Waals surface area contributed by atoms with Crippen molar-refractivity contribution in [1.29, 1.82) is 0 Å². The first-order chi connectivity index (χ1) is 17.5. The van der Waals surface area contributed by atoms with E-state index in [9.17, 15) is 24.0 Å². The predicted octanol–water partition coefficient (Wildman–Crippen LogP) is 2.07. The minimum absolute atomic E-state index is 0.0527. The summed E-state index contributed by atoms with van der Waals surface area (Å²) in [5, 5.41) is 10.4. The van der Waals surface area contributed by atoms with E-state index < -0.39 is 47.9 Å². The maximum absolute atomic E-state index is 13.2. The largest absolute Gasteiger partial charge is 0.457 e. The summed E-state index contributed by atoms with van der Waals surface area (Å²) in [6.07, 6.45) is 6.57. The monoisotopic (exact) mass is 556 g/mol. The molecule has 12 heteroatoms. The number of hydrogen-bond acceptors (Lipinski definition) is 8. The average molecular weight is 557 g/mol. The van der Waals surface area contributed by atoms with Crippen molar-refractivity contribution in [3.05, 3.63) is 23.9 Å². The van der Waals surface area contributed by atoms with E-state index in [0.29, 0.717) is 12.8 Å². The minimum atomic E-state index is -0.969. The molecule has 1 heterocycles. The smallest absolute Gasteiger partial charge is 0.329 e. The van der Waals surface area contributed by atoms with Crippen LogP contribution in [0, 0.1) is 11.8 Å². The zero-order chi connectivity index (χ0) is 28.0. The lowest BCUT2D eigenvalue weighted by atomic mass is 10.0. The van der Waals surface area contributed by atoms with Gasteiger partial charge in [0.2, 0.25) is 18.2 Å². The Kier molecular flexibility index (Phi) is 15.1. The molecule has 0 radical (unpaired) electrons. The fourth-order valence-corrected chi connectivity index (χ4v) is 5.46. The number of allylic oxidation sites excluding steroid dienone is 2. The Morgan fingerprint density at radius 3 is 2.49 bits per heavy atom. The van der Waals surface area contributed by atoms with Crippen LogP contribution in [-0.4, -0.2) is 65.8 Å². The van der Waals surface area contributed by atoms with Gasteiger partial charge in [-0.3, -0.25) is 19.2 Å². The van der Waals surface area contributed by atoms with Gasteiger partial charge in [0.05, 0.1) is 0 Å². The van der Waals surface area contributed by atoms with Crippen molar-refractivity contribution in [2.24, 2.45) is 11.8 Å². The van der Waals surface area contributed by atoms with Crippen LogP contribution in [0.15, 0.2) is 23.9 Å². The van der Waals surface area contributed by atoms with Crippen LogP contribution in [0.25, 0.3) is 0 Å². The van der Waals surface area contributed by atoms with Gasteiger partial charge in [-0.1, -0.05) is 68.4 Å². The highest BCUT2D eigenvalue weighted by Gasteiger charge is 2.31. The summed E-state index contributed by atoms with van der Waals surface area (Å²) >= 11 is 0. The van der Waals surface area contributed by atoms with E-state index >= 15 is 0 Å². The third kappa shape index (κ3) is 11.2. The number of esters is 1. The number of carbonyl (C=O) groups excluding carboxylic acids is 5. The fraction of sp³-hybridized carbons (Fsp3) is 0.640. The van der Waals surface area contributed by atoms with Crippen molar-refractivity contribution in [3.63, 3.8) is 0 Å². The lowest BCUT2D eigenvalue weighted by molar-refractivity contribution is -0.152. The third-order valence-electron chi connectivity index (χ3n) is 5.53. The summed E-state index contributed by atoms with van der Waals surface area (Å²) in [5.41, 5.74) is -0.0527. The summed E-state index contributed by atoms with van der Waals surface area (Å²) < 4.78 is 5.62. The summed E-state index contributed by atoms with van der Waals surface area (Å²) in [7, 11) is 2.95. The molecule has 4 atom stereocenters. The molecular weight excluding hydrogens is 516 g/mol. The fourth-order valence-electron chi connectivity index (χ4n) is 3.31. The molecule has 37 heavy (non-hydrogen) atoms. The second-order valence-electron chi connectivity index (χ2n) is 9.16. The molecule has 0 aliphatic carbocycles. The van der Waals surface area contributed by atoms with Gasteiger partial charge in [-0.15, -0.1) is 0 Å². The number of cyclic esters (lactones) is 1. The van der Waals surface area contributed by atoms with Gasteiger partial charge >= 0.3 is 5.97 Å². The minimum Gasteiger partial charge on any atom is -0.457 e. The maximum Gasteiger partial charge on any atom is 0.329 e. The SMILES string of the molecule is C/C=C1\NC(=O)[C@H](NC(=O)[C@H](NC=O)C(C)C)CSSCC/C=C/[C@H](CC)OC(=O)[C@H](C(C)C)NC1=O. The lowest BCUT2D eigenvalue weighted by Gasteiger charge is -2.25. The van der Waals surface area contributed by atoms with E-state index in [1.54, 1.807) is 34.6 Å². The Morgan fingerprint density at radius 1 is 1.22 bits per heavy atom. The number of rotatable bonds is 7. The van der Waals surface area contributed by atoms with Crippen LogP contribution in [0.3, 0.4) is 0 Å². The number of carbonyl (C=O) groups is 5. The molecule has 4 amide bonds. The second-order valence-corrected chi connectivity index (χ2v) is 11.8.